The third-order valence-electron chi connectivity index (χ3n) is 4.92. The normalized spacial score (nSPS) is 20.2. The minimum atomic E-state index is -0.592. The van der Waals surface area contributed by atoms with Crippen LogP contribution in [0.4, 0.5) is 5.69 Å². The molecule has 2 aromatic carbocycles. The second-order valence-electron chi connectivity index (χ2n) is 6.63. The van der Waals surface area contributed by atoms with Crippen LogP contribution in [0.15, 0.2) is 70.4 Å². The Morgan fingerprint density at radius 2 is 2.07 bits per heavy atom. The topological polar surface area (TPSA) is 81.1 Å². The van der Waals surface area contributed by atoms with E-state index in [9.17, 15) is 10.1 Å². The van der Waals surface area contributed by atoms with E-state index in [4.69, 9.17) is 25.9 Å². The van der Waals surface area contributed by atoms with Crippen molar-refractivity contribution in [2.45, 2.75) is 18.7 Å². The Balaban J connectivity index is 1.62. The van der Waals surface area contributed by atoms with E-state index < -0.39 is 11.2 Å². The highest BCUT2D eigenvalue weighted by molar-refractivity contribution is 6.30. The number of halogens is 1. The number of nitrogens with zero attached hydrogens (tertiary/aromatic N) is 3. The summed E-state index contributed by atoms with van der Waals surface area (Å²) in [4.78, 5) is 10.8. The second kappa shape index (κ2) is 6.38. The number of hydrazone groups is 1. The van der Waals surface area contributed by atoms with Crippen LogP contribution >= 0.6 is 11.6 Å². The van der Waals surface area contributed by atoms with Crippen LogP contribution < -0.4 is 4.74 Å². The van der Waals surface area contributed by atoms with E-state index in [1.54, 1.807) is 24.5 Å². The number of nitro groups is 1. The molecule has 28 heavy (non-hydrogen) atoms. The third-order valence-corrected chi connectivity index (χ3v) is 5.16. The van der Waals surface area contributed by atoms with Gasteiger partial charge in [0.1, 0.15) is 17.2 Å². The zero-order valence-electron chi connectivity index (χ0n) is 14.5. The van der Waals surface area contributed by atoms with Crippen LogP contribution in [0, 0.1) is 10.1 Å². The van der Waals surface area contributed by atoms with E-state index in [-0.39, 0.29) is 11.7 Å². The first-order valence-electron chi connectivity index (χ1n) is 8.70. The number of hydrogen-bond donors (Lipinski definition) is 0. The average molecular weight is 396 g/mol. The molecule has 8 heteroatoms. The molecule has 5 rings (SSSR count). The van der Waals surface area contributed by atoms with E-state index in [1.807, 2.05) is 29.3 Å². The summed E-state index contributed by atoms with van der Waals surface area (Å²) in [6, 6.07) is 15.5. The van der Waals surface area contributed by atoms with Crippen molar-refractivity contribution in [2.75, 3.05) is 0 Å². The smallest absolute Gasteiger partial charge is 0.269 e. The molecule has 0 bridgehead atoms. The summed E-state index contributed by atoms with van der Waals surface area (Å²) < 4.78 is 11.7. The molecule has 2 aliphatic rings. The van der Waals surface area contributed by atoms with Crippen molar-refractivity contribution in [3.63, 3.8) is 0 Å². The number of hydrogen-bond acceptors (Lipinski definition) is 6. The summed E-state index contributed by atoms with van der Waals surface area (Å²) in [5.74, 6) is 1.38. The Labute approximate surface area is 164 Å². The number of benzene rings is 2. The molecule has 3 heterocycles. The van der Waals surface area contributed by atoms with Crippen molar-refractivity contribution in [2.24, 2.45) is 5.10 Å². The molecule has 0 saturated carbocycles. The molecule has 0 fully saturated rings. The van der Waals surface area contributed by atoms with Crippen LogP contribution in [0.1, 0.15) is 35.6 Å². The number of nitro benzene ring substituents is 1. The fraction of sp³-hybridized carbons (Fsp3) is 0.150. The second-order valence-corrected chi connectivity index (χ2v) is 7.06. The summed E-state index contributed by atoms with van der Waals surface area (Å²) >= 11 is 6.21. The van der Waals surface area contributed by atoms with Gasteiger partial charge in [-0.05, 0) is 30.3 Å². The monoisotopic (exact) mass is 395 g/mol. The molecule has 0 aliphatic carbocycles. The van der Waals surface area contributed by atoms with Crippen molar-refractivity contribution >= 4 is 23.0 Å². The molecule has 7 nitrogen and oxygen atoms in total. The Bertz CT molecular complexity index is 1100. The predicted octanol–water partition coefficient (Wildman–Crippen LogP) is 5.08. The largest absolute Gasteiger partial charge is 0.464 e. The van der Waals surface area contributed by atoms with E-state index in [0.29, 0.717) is 28.5 Å². The highest BCUT2D eigenvalue weighted by atomic mass is 35.5. The molecule has 0 radical (unpaired) electrons. The van der Waals surface area contributed by atoms with Gasteiger partial charge < -0.3 is 9.15 Å². The zero-order chi connectivity index (χ0) is 19.3. The molecule has 0 amide bonds. The van der Waals surface area contributed by atoms with Crippen molar-refractivity contribution in [1.82, 2.24) is 5.01 Å². The van der Waals surface area contributed by atoms with Crippen molar-refractivity contribution in [1.29, 1.82) is 0 Å². The van der Waals surface area contributed by atoms with Gasteiger partial charge in [0.05, 0.1) is 17.2 Å². The van der Waals surface area contributed by atoms with Gasteiger partial charge in [0.2, 0.25) is 6.23 Å². The third kappa shape index (κ3) is 2.71. The van der Waals surface area contributed by atoms with E-state index in [1.165, 1.54) is 12.1 Å². The van der Waals surface area contributed by atoms with Gasteiger partial charge in [-0.1, -0.05) is 23.7 Å². The minimum Gasteiger partial charge on any atom is -0.464 e. The van der Waals surface area contributed by atoms with E-state index in [2.05, 4.69) is 0 Å². The minimum absolute atomic E-state index is 0.00832. The lowest BCUT2D eigenvalue weighted by atomic mass is 9.97. The van der Waals surface area contributed by atoms with Crippen molar-refractivity contribution < 1.29 is 14.1 Å². The van der Waals surface area contributed by atoms with Gasteiger partial charge in [-0.25, -0.2) is 5.01 Å². The SMILES string of the molecule is O=[N+]([O-])c1cccc([C@@H]2Oc3ccc(Cl)cc3[C@H]3CC(c4ccco4)=NN32)c1. The predicted molar refractivity (Wildman–Crippen MR) is 102 cm³/mol. The van der Waals surface area contributed by atoms with Gasteiger partial charge in [0, 0.05) is 34.7 Å². The lowest BCUT2D eigenvalue weighted by Crippen LogP contribution is -2.33. The molecule has 3 aromatic rings. The molecule has 0 spiro atoms. The first kappa shape index (κ1) is 16.8. The summed E-state index contributed by atoms with van der Waals surface area (Å²) in [5, 5.41) is 18.4. The highest BCUT2D eigenvalue weighted by Crippen LogP contribution is 2.48. The van der Waals surface area contributed by atoms with Crippen molar-refractivity contribution in [3.8, 4) is 5.75 Å². The van der Waals surface area contributed by atoms with Gasteiger partial charge in [0.25, 0.3) is 5.69 Å². The maximum Gasteiger partial charge on any atom is 0.269 e. The Morgan fingerprint density at radius 3 is 2.86 bits per heavy atom. The molecule has 0 unspecified atom stereocenters. The Hall–Kier alpha value is -3.32. The molecular weight excluding hydrogens is 382 g/mol. The van der Waals surface area contributed by atoms with Crippen LogP contribution in [0.25, 0.3) is 0 Å². The van der Waals surface area contributed by atoms with Gasteiger partial charge in [0.15, 0.2) is 0 Å². The maximum absolute atomic E-state index is 11.2. The Kier molecular flexibility index (Phi) is 3.84. The summed E-state index contributed by atoms with van der Waals surface area (Å²) in [5.41, 5.74) is 2.39. The lowest BCUT2D eigenvalue weighted by Gasteiger charge is -2.38. The van der Waals surface area contributed by atoms with Crippen LogP contribution in [-0.4, -0.2) is 15.6 Å². The van der Waals surface area contributed by atoms with Crippen LogP contribution in [0.3, 0.4) is 0 Å². The summed E-state index contributed by atoms with van der Waals surface area (Å²) in [7, 11) is 0. The highest BCUT2D eigenvalue weighted by Gasteiger charge is 2.41. The summed E-state index contributed by atoms with van der Waals surface area (Å²) in [6.07, 6.45) is 1.63. The standard InChI is InChI=1S/C20H14ClN3O4/c21-13-6-7-18-15(10-13)17-11-16(19-5-2-8-27-19)22-23(17)20(28-18)12-3-1-4-14(9-12)24(25)26/h1-10,17,20H,11H2/t17-,20+/m1/s1. The first-order valence-corrected chi connectivity index (χ1v) is 9.08. The van der Waals surface area contributed by atoms with Gasteiger partial charge in [-0.3, -0.25) is 10.1 Å². The van der Waals surface area contributed by atoms with Crippen LogP contribution in [0.2, 0.25) is 5.02 Å². The van der Waals surface area contributed by atoms with Crippen LogP contribution in [-0.2, 0) is 0 Å². The fourth-order valence-electron chi connectivity index (χ4n) is 3.66. The number of rotatable bonds is 3. The molecule has 2 atom stereocenters. The molecule has 1 aromatic heterocycles. The molecule has 0 N–H and O–H groups in total. The molecule has 140 valence electrons. The van der Waals surface area contributed by atoms with Gasteiger partial charge in [-0.2, -0.15) is 5.10 Å². The van der Waals surface area contributed by atoms with Crippen LogP contribution in [0.5, 0.6) is 5.75 Å². The number of fused-ring (bicyclic) bond motifs is 3. The zero-order valence-corrected chi connectivity index (χ0v) is 15.2. The van der Waals surface area contributed by atoms with Gasteiger partial charge >= 0.3 is 0 Å². The fourth-order valence-corrected chi connectivity index (χ4v) is 3.84. The molecular formula is C20H14ClN3O4. The Morgan fingerprint density at radius 1 is 1.18 bits per heavy atom. The van der Waals surface area contributed by atoms with E-state index in [0.717, 1.165) is 11.3 Å². The number of ether oxygens (including phenoxy) is 1. The molecule has 0 saturated heterocycles. The maximum atomic E-state index is 11.2. The van der Waals surface area contributed by atoms with E-state index >= 15 is 0 Å². The first-order chi connectivity index (χ1) is 13.6. The number of non-ortho nitro benzene ring substituents is 1. The summed E-state index contributed by atoms with van der Waals surface area (Å²) in [6.45, 7) is 0. The number of furan rings is 1. The van der Waals surface area contributed by atoms with Gasteiger partial charge in [-0.15, -0.1) is 0 Å². The molecule has 2 aliphatic heterocycles. The quantitative estimate of drug-likeness (QED) is 0.456. The average Bonchev–Trinajstić information content (AvgIpc) is 3.37. The lowest BCUT2D eigenvalue weighted by molar-refractivity contribution is -0.385. The van der Waals surface area contributed by atoms with Crippen molar-refractivity contribution in [3.05, 3.63) is 92.9 Å².